The molecular formula is C19H15ClF2N4OS. The molecule has 5 nitrogen and oxygen atoms in total. The van der Waals surface area contributed by atoms with Crippen LogP contribution in [0.25, 0.3) is 0 Å². The summed E-state index contributed by atoms with van der Waals surface area (Å²) in [6.45, 7) is -0.844. The number of hydrogen-bond acceptors (Lipinski definition) is 5. The summed E-state index contributed by atoms with van der Waals surface area (Å²) in [7, 11) is 0. The van der Waals surface area contributed by atoms with Crippen molar-refractivity contribution in [3.8, 4) is 0 Å². The van der Waals surface area contributed by atoms with Gasteiger partial charge in [-0.3, -0.25) is 4.79 Å². The molecule has 0 bridgehead atoms. The number of anilines is 1. The lowest BCUT2D eigenvalue weighted by Crippen LogP contribution is -2.38. The number of nitrogens with zero attached hydrogens (tertiary/aromatic N) is 2. The lowest BCUT2D eigenvalue weighted by Gasteiger charge is -2.33. The summed E-state index contributed by atoms with van der Waals surface area (Å²) in [6.07, 6.45) is 2.90. The zero-order chi connectivity index (χ0) is 19.7. The van der Waals surface area contributed by atoms with Crippen molar-refractivity contribution in [1.82, 2.24) is 4.98 Å². The van der Waals surface area contributed by atoms with Crippen molar-refractivity contribution in [3.05, 3.63) is 58.6 Å². The first-order valence-electron chi connectivity index (χ1n) is 8.68. The van der Waals surface area contributed by atoms with E-state index < -0.39 is 23.9 Å². The van der Waals surface area contributed by atoms with Crippen LogP contribution < -0.4 is 11.1 Å². The molecule has 2 saturated carbocycles. The fourth-order valence-electron chi connectivity index (χ4n) is 4.37. The number of thioether (sulfide) groups is 1. The number of rotatable bonds is 4. The molecule has 2 heterocycles. The number of halogens is 3. The van der Waals surface area contributed by atoms with Crippen LogP contribution in [0.15, 0.2) is 41.5 Å². The fourth-order valence-corrected chi connectivity index (χ4v) is 6.08. The van der Waals surface area contributed by atoms with Gasteiger partial charge in [-0.2, -0.15) is 0 Å². The number of nitrogens with two attached hydrogens (primary N) is 1. The zero-order valence-electron chi connectivity index (χ0n) is 14.5. The van der Waals surface area contributed by atoms with Gasteiger partial charge in [-0.15, -0.1) is 0 Å². The zero-order valence-corrected chi connectivity index (χ0v) is 16.1. The predicted molar refractivity (Wildman–Crippen MR) is 105 cm³/mol. The Labute approximate surface area is 168 Å². The highest BCUT2D eigenvalue weighted by Gasteiger charge is 2.92. The second-order valence-electron chi connectivity index (χ2n) is 7.49. The second-order valence-corrected chi connectivity index (χ2v) is 9.33. The third-order valence-electron chi connectivity index (χ3n) is 6.01. The van der Waals surface area contributed by atoms with E-state index in [2.05, 4.69) is 15.3 Å². The highest BCUT2D eigenvalue weighted by molar-refractivity contribution is 8.15. The van der Waals surface area contributed by atoms with E-state index in [9.17, 15) is 13.6 Å². The number of alkyl halides is 1. The monoisotopic (exact) mass is 420 g/mol. The molecule has 0 spiro atoms. The van der Waals surface area contributed by atoms with E-state index >= 15 is 0 Å². The summed E-state index contributed by atoms with van der Waals surface area (Å²) in [5.41, 5.74) is 4.83. The molecule has 28 heavy (non-hydrogen) atoms. The maximum absolute atomic E-state index is 14.8. The van der Waals surface area contributed by atoms with Crippen molar-refractivity contribution < 1.29 is 13.6 Å². The molecule has 0 saturated heterocycles. The van der Waals surface area contributed by atoms with Crippen LogP contribution in [0.3, 0.4) is 0 Å². The predicted octanol–water partition coefficient (Wildman–Crippen LogP) is 3.89. The maximum Gasteiger partial charge on any atom is 0.274 e. The van der Waals surface area contributed by atoms with E-state index in [0.29, 0.717) is 10.7 Å². The van der Waals surface area contributed by atoms with Gasteiger partial charge in [0, 0.05) is 27.6 Å². The minimum absolute atomic E-state index is 0.107. The number of carbonyl (C=O) groups is 1. The molecule has 1 aromatic carbocycles. The minimum Gasteiger partial charge on any atom is -0.378 e. The molecule has 0 unspecified atom stereocenters. The number of aliphatic imine (C=N–C) groups is 1. The van der Waals surface area contributed by atoms with Gasteiger partial charge in [0.15, 0.2) is 5.17 Å². The van der Waals surface area contributed by atoms with Crippen molar-refractivity contribution in [2.75, 3.05) is 12.0 Å². The summed E-state index contributed by atoms with van der Waals surface area (Å²) in [5.74, 6) is -1.04. The van der Waals surface area contributed by atoms with Gasteiger partial charge < -0.3 is 11.1 Å². The molecule has 3 aliphatic rings. The first-order valence-corrected chi connectivity index (χ1v) is 9.87. The average Bonchev–Trinajstić information content (AvgIpc) is 3.50. The molecule has 9 heteroatoms. The number of amidine groups is 1. The molecule has 2 aliphatic carbocycles. The summed E-state index contributed by atoms with van der Waals surface area (Å²) >= 11 is 7.25. The molecule has 3 N–H and O–H groups in total. The van der Waals surface area contributed by atoms with Crippen molar-refractivity contribution >= 4 is 40.1 Å². The van der Waals surface area contributed by atoms with Crippen LogP contribution in [-0.4, -0.2) is 27.5 Å². The summed E-state index contributed by atoms with van der Waals surface area (Å²) in [5, 5.41) is 3.36. The van der Waals surface area contributed by atoms with E-state index in [1.54, 1.807) is 6.07 Å². The average molecular weight is 421 g/mol. The number of nitrogens with one attached hydrogen (secondary N) is 1. The first-order chi connectivity index (χ1) is 13.3. The van der Waals surface area contributed by atoms with Crippen molar-refractivity contribution in [1.29, 1.82) is 0 Å². The lowest BCUT2D eigenvalue weighted by atomic mass is 9.80. The molecule has 5 rings (SSSR count). The van der Waals surface area contributed by atoms with Crippen LogP contribution in [0.2, 0.25) is 5.02 Å². The van der Waals surface area contributed by atoms with Crippen molar-refractivity contribution in [3.63, 3.8) is 0 Å². The quantitative estimate of drug-likeness (QED) is 0.786. The summed E-state index contributed by atoms with van der Waals surface area (Å²) in [6, 6.07) is 7.12. The Balaban J connectivity index is 1.51. The van der Waals surface area contributed by atoms with Crippen LogP contribution >= 0.6 is 23.4 Å². The van der Waals surface area contributed by atoms with Gasteiger partial charge in [-0.25, -0.2) is 18.8 Å². The van der Waals surface area contributed by atoms with E-state index in [1.165, 1.54) is 42.2 Å². The molecule has 0 radical (unpaired) electrons. The molecule has 2 aromatic rings. The Morgan fingerprint density at radius 2 is 2.11 bits per heavy atom. The number of carbonyl (C=O) groups excluding carboxylic acids is 1. The second kappa shape index (κ2) is 5.67. The molecule has 1 aliphatic heterocycles. The van der Waals surface area contributed by atoms with Crippen LogP contribution in [0.5, 0.6) is 0 Å². The minimum atomic E-state index is -1.34. The lowest BCUT2D eigenvalue weighted by molar-refractivity contribution is 0.102. The Morgan fingerprint density at radius 1 is 1.32 bits per heavy atom. The van der Waals surface area contributed by atoms with Gasteiger partial charge in [0.2, 0.25) is 0 Å². The van der Waals surface area contributed by atoms with Crippen LogP contribution in [0.4, 0.5) is 14.5 Å². The normalized spacial score (nSPS) is 32.0. The number of aromatic nitrogens is 1. The number of amides is 1. The summed E-state index contributed by atoms with van der Waals surface area (Å²) < 4.78 is 29.0. The molecule has 144 valence electrons. The van der Waals surface area contributed by atoms with E-state index in [-0.39, 0.29) is 26.6 Å². The number of benzene rings is 1. The van der Waals surface area contributed by atoms with E-state index in [4.69, 9.17) is 17.3 Å². The van der Waals surface area contributed by atoms with Crippen molar-refractivity contribution in [2.45, 2.75) is 23.1 Å². The van der Waals surface area contributed by atoms with Gasteiger partial charge in [0.05, 0.1) is 5.02 Å². The van der Waals surface area contributed by atoms with Gasteiger partial charge in [0.25, 0.3) is 5.91 Å². The first kappa shape index (κ1) is 17.9. The smallest absolute Gasteiger partial charge is 0.274 e. The van der Waals surface area contributed by atoms with Crippen LogP contribution in [0.1, 0.15) is 28.9 Å². The van der Waals surface area contributed by atoms with Gasteiger partial charge in [0.1, 0.15) is 23.7 Å². The molecule has 1 atom stereocenters. The Bertz CT molecular complexity index is 1040. The third kappa shape index (κ3) is 2.27. The Hall–Kier alpha value is -2.19. The fraction of sp³-hybridized carbons (Fsp3) is 0.316. The molecular weight excluding hydrogens is 406 g/mol. The number of pyridine rings is 1. The van der Waals surface area contributed by atoms with E-state index in [1.807, 2.05) is 0 Å². The van der Waals surface area contributed by atoms with Crippen molar-refractivity contribution in [2.24, 2.45) is 16.1 Å². The number of hydrogen-bond donors (Lipinski definition) is 2. The highest BCUT2D eigenvalue weighted by Crippen LogP contribution is 2.92. The van der Waals surface area contributed by atoms with Gasteiger partial charge in [-0.05, 0) is 43.2 Å². The Kier molecular flexibility index (Phi) is 3.62. The van der Waals surface area contributed by atoms with Crippen LogP contribution in [-0.2, 0) is 5.54 Å². The van der Waals surface area contributed by atoms with E-state index in [0.717, 1.165) is 12.8 Å². The third-order valence-corrected chi connectivity index (χ3v) is 7.61. The molecule has 2 fully saturated rings. The van der Waals surface area contributed by atoms with Gasteiger partial charge in [-0.1, -0.05) is 23.4 Å². The Morgan fingerprint density at radius 3 is 2.79 bits per heavy atom. The van der Waals surface area contributed by atoms with Gasteiger partial charge >= 0.3 is 0 Å². The molecule has 1 amide bonds. The summed E-state index contributed by atoms with van der Waals surface area (Å²) in [4.78, 5) is 20.8. The maximum atomic E-state index is 14.8. The standard InChI is InChI=1S/C19H15ClF2N4OS/c20-10-1-4-14(24-6-10)15(27)25-11-2-3-13(22)12(5-11)19(9-21)17-7-18(17,8-17)28-16(23)26-19/h1-6H,7-9H2,(H2,23,26)(H,25,27)/t17?,18?,19-/m1/s1. The SMILES string of the molecule is NC1=N[C@](CF)(c2cc(NC(=O)c3ccc(Cl)cn3)ccc2F)C23CC2(C3)S1. The van der Waals surface area contributed by atoms with Crippen LogP contribution in [0, 0.1) is 11.2 Å². The topological polar surface area (TPSA) is 80.4 Å². The molecule has 1 aromatic heterocycles. The largest absolute Gasteiger partial charge is 0.378 e. The highest BCUT2D eigenvalue weighted by atomic mass is 35.5.